The molecule has 3 nitrogen and oxygen atoms in total. The van der Waals surface area contributed by atoms with Crippen molar-refractivity contribution in [3.05, 3.63) is 0 Å². The first kappa shape index (κ1) is 12.9. The summed E-state index contributed by atoms with van der Waals surface area (Å²) >= 11 is 0. The highest BCUT2D eigenvalue weighted by atomic mass is 16.6. The second kappa shape index (κ2) is 4.97. The van der Waals surface area contributed by atoms with E-state index in [1.807, 2.05) is 18.7 Å². The maximum atomic E-state index is 11.9. The van der Waals surface area contributed by atoms with Crippen molar-refractivity contribution in [2.75, 3.05) is 13.1 Å². The number of carbonyl (C=O) groups excluding carboxylic acids is 1. The van der Waals surface area contributed by atoms with Gasteiger partial charge in [-0.1, -0.05) is 0 Å². The predicted molar refractivity (Wildman–Crippen MR) is 67.8 cm³/mol. The van der Waals surface area contributed by atoms with E-state index in [4.69, 9.17) is 4.74 Å². The fourth-order valence-electron chi connectivity index (χ4n) is 3.04. The molecule has 2 rings (SSSR count). The Morgan fingerprint density at radius 3 is 2.71 bits per heavy atom. The molecule has 2 fully saturated rings. The third-order valence-electron chi connectivity index (χ3n) is 4.51. The Morgan fingerprint density at radius 1 is 1.41 bits per heavy atom. The minimum atomic E-state index is 0.208. The second-order valence-corrected chi connectivity index (χ2v) is 5.66. The molecule has 1 saturated carbocycles. The number of hydrogen-bond donors (Lipinski definition) is 0. The van der Waals surface area contributed by atoms with Crippen LogP contribution in [0.5, 0.6) is 0 Å². The number of rotatable bonds is 5. The molecule has 0 radical (unpaired) electrons. The predicted octanol–water partition coefficient (Wildman–Crippen LogP) is 2.59. The summed E-state index contributed by atoms with van der Waals surface area (Å²) in [7, 11) is 0. The molecule has 3 heteroatoms. The second-order valence-electron chi connectivity index (χ2n) is 5.66. The zero-order valence-corrected chi connectivity index (χ0v) is 11.4. The standard InChI is InChI=1S/C14H25NO2/c1-4-15(5-2)13(16)7-6-11-8-9-14(3)12(10-11)17-14/h11-12H,4-10H2,1-3H3. The first-order valence-corrected chi connectivity index (χ1v) is 7.04. The van der Waals surface area contributed by atoms with Gasteiger partial charge in [0.25, 0.3) is 0 Å². The van der Waals surface area contributed by atoms with Gasteiger partial charge in [0.2, 0.25) is 5.91 Å². The zero-order chi connectivity index (χ0) is 12.5. The lowest BCUT2D eigenvalue weighted by atomic mass is 9.81. The van der Waals surface area contributed by atoms with Gasteiger partial charge in [-0.05, 0) is 52.4 Å². The monoisotopic (exact) mass is 239 g/mol. The van der Waals surface area contributed by atoms with Gasteiger partial charge in [0.15, 0.2) is 0 Å². The van der Waals surface area contributed by atoms with Gasteiger partial charge >= 0.3 is 0 Å². The summed E-state index contributed by atoms with van der Waals surface area (Å²) in [6.45, 7) is 7.99. The van der Waals surface area contributed by atoms with Crippen LogP contribution in [0.25, 0.3) is 0 Å². The molecule has 1 aliphatic carbocycles. The van der Waals surface area contributed by atoms with E-state index in [1.54, 1.807) is 0 Å². The van der Waals surface area contributed by atoms with E-state index in [9.17, 15) is 4.79 Å². The number of amides is 1. The Hall–Kier alpha value is -0.570. The molecule has 0 aromatic heterocycles. The van der Waals surface area contributed by atoms with Gasteiger partial charge in [0.1, 0.15) is 0 Å². The quantitative estimate of drug-likeness (QED) is 0.691. The highest BCUT2D eigenvalue weighted by Crippen LogP contribution is 2.50. The maximum absolute atomic E-state index is 11.9. The van der Waals surface area contributed by atoms with Gasteiger partial charge in [-0.15, -0.1) is 0 Å². The molecule has 0 spiro atoms. The Morgan fingerprint density at radius 2 is 2.12 bits per heavy atom. The molecular formula is C14H25NO2. The van der Waals surface area contributed by atoms with Crippen LogP contribution >= 0.6 is 0 Å². The van der Waals surface area contributed by atoms with Crippen molar-refractivity contribution in [3.8, 4) is 0 Å². The summed E-state index contributed by atoms with van der Waals surface area (Å²) in [5.41, 5.74) is 0.208. The molecule has 98 valence electrons. The molecular weight excluding hydrogens is 214 g/mol. The van der Waals surface area contributed by atoms with Crippen LogP contribution in [-0.2, 0) is 9.53 Å². The van der Waals surface area contributed by atoms with Gasteiger partial charge in [-0.3, -0.25) is 4.79 Å². The zero-order valence-electron chi connectivity index (χ0n) is 11.4. The number of nitrogens with zero attached hydrogens (tertiary/aromatic N) is 1. The molecule has 2 aliphatic rings. The summed E-state index contributed by atoms with van der Waals surface area (Å²) in [4.78, 5) is 13.8. The number of carbonyl (C=O) groups is 1. The molecule has 1 amide bonds. The summed E-state index contributed by atoms with van der Waals surface area (Å²) in [6.07, 6.45) is 5.84. The van der Waals surface area contributed by atoms with Gasteiger partial charge in [0.05, 0.1) is 11.7 Å². The number of ether oxygens (including phenoxy) is 1. The van der Waals surface area contributed by atoms with Crippen LogP contribution in [0.1, 0.15) is 52.9 Å². The van der Waals surface area contributed by atoms with Gasteiger partial charge in [-0.2, -0.15) is 0 Å². The van der Waals surface area contributed by atoms with Crippen LogP contribution in [0, 0.1) is 5.92 Å². The third kappa shape index (κ3) is 2.82. The Labute approximate surface area is 105 Å². The molecule has 3 atom stereocenters. The van der Waals surface area contributed by atoms with Gasteiger partial charge < -0.3 is 9.64 Å². The minimum Gasteiger partial charge on any atom is -0.366 e. The highest BCUT2D eigenvalue weighted by Gasteiger charge is 2.54. The lowest BCUT2D eigenvalue weighted by molar-refractivity contribution is -0.131. The fourth-order valence-corrected chi connectivity index (χ4v) is 3.04. The molecule has 1 saturated heterocycles. The molecule has 0 bridgehead atoms. The summed E-state index contributed by atoms with van der Waals surface area (Å²) in [5, 5.41) is 0. The van der Waals surface area contributed by atoms with E-state index in [-0.39, 0.29) is 5.60 Å². The van der Waals surface area contributed by atoms with E-state index >= 15 is 0 Å². The lowest BCUT2D eigenvalue weighted by Gasteiger charge is -2.24. The van der Waals surface area contributed by atoms with Crippen LogP contribution < -0.4 is 0 Å². The van der Waals surface area contributed by atoms with Crippen molar-refractivity contribution in [2.45, 2.75) is 64.6 Å². The van der Waals surface area contributed by atoms with E-state index in [2.05, 4.69) is 6.92 Å². The number of fused-ring (bicyclic) bond motifs is 1. The molecule has 0 aromatic rings. The van der Waals surface area contributed by atoms with E-state index in [0.29, 0.717) is 17.9 Å². The molecule has 3 unspecified atom stereocenters. The van der Waals surface area contributed by atoms with E-state index in [1.165, 1.54) is 19.3 Å². The first-order valence-electron chi connectivity index (χ1n) is 7.04. The normalized spacial score (nSPS) is 35.2. The van der Waals surface area contributed by atoms with Gasteiger partial charge in [0, 0.05) is 19.5 Å². The third-order valence-corrected chi connectivity index (χ3v) is 4.51. The van der Waals surface area contributed by atoms with E-state index in [0.717, 1.165) is 25.9 Å². The topological polar surface area (TPSA) is 32.8 Å². The Balaban J connectivity index is 1.70. The van der Waals surface area contributed by atoms with Crippen molar-refractivity contribution >= 4 is 5.91 Å². The summed E-state index contributed by atoms with van der Waals surface area (Å²) in [5.74, 6) is 1.02. The number of hydrogen-bond acceptors (Lipinski definition) is 2. The van der Waals surface area contributed by atoms with Crippen LogP contribution in [0.3, 0.4) is 0 Å². The lowest BCUT2D eigenvalue weighted by Crippen LogP contribution is -2.31. The Kier molecular flexibility index (Phi) is 3.76. The van der Waals surface area contributed by atoms with Crippen molar-refractivity contribution < 1.29 is 9.53 Å². The molecule has 0 aromatic carbocycles. The highest BCUT2D eigenvalue weighted by molar-refractivity contribution is 5.76. The van der Waals surface area contributed by atoms with E-state index < -0.39 is 0 Å². The molecule has 17 heavy (non-hydrogen) atoms. The van der Waals surface area contributed by atoms with Crippen LogP contribution in [0.15, 0.2) is 0 Å². The van der Waals surface area contributed by atoms with Gasteiger partial charge in [-0.25, -0.2) is 0 Å². The largest absolute Gasteiger partial charge is 0.366 e. The summed E-state index contributed by atoms with van der Waals surface area (Å²) in [6, 6.07) is 0. The SMILES string of the molecule is CCN(CC)C(=O)CCC1CCC2(C)OC2C1. The number of epoxide rings is 1. The van der Waals surface area contributed by atoms with Crippen LogP contribution in [0.2, 0.25) is 0 Å². The van der Waals surface area contributed by atoms with Crippen molar-refractivity contribution in [2.24, 2.45) is 5.92 Å². The smallest absolute Gasteiger partial charge is 0.222 e. The molecule has 0 N–H and O–H groups in total. The van der Waals surface area contributed by atoms with Crippen LogP contribution in [0.4, 0.5) is 0 Å². The van der Waals surface area contributed by atoms with Crippen molar-refractivity contribution in [1.82, 2.24) is 4.90 Å². The Bertz CT molecular complexity index is 288. The average molecular weight is 239 g/mol. The summed E-state index contributed by atoms with van der Waals surface area (Å²) < 4.78 is 5.70. The van der Waals surface area contributed by atoms with Crippen LogP contribution in [-0.4, -0.2) is 35.6 Å². The molecule has 1 aliphatic heterocycles. The maximum Gasteiger partial charge on any atom is 0.222 e. The first-order chi connectivity index (χ1) is 8.09. The average Bonchev–Trinajstić information content (AvgIpc) is 2.99. The minimum absolute atomic E-state index is 0.208. The van der Waals surface area contributed by atoms with Crippen molar-refractivity contribution in [1.29, 1.82) is 0 Å². The van der Waals surface area contributed by atoms with Crippen molar-refractivity contribution in [3.63, 3.8) is 0 Å². The molecule has 1 heterocycles. The fraction of sp³-hybridized carbons (Fsp3) is 0.929.